The Morgan fingerprint density at radius 1 is 1.19 bits per heavy atom. The molecule has 0 atom stereocenters. The molecule has 3 aromatic rings. The Bertz CT molecular complexity index is 967. The fraction of sp³-hybridized carbons (Fsp3) is 0.158. The summed E-state index contributed by atoms with van der Waals surface area (Å²) in [6.07, 6.45) is 0.706. The first-order valence-corrected chi connectivity index (χ1v) is 8.57. The lowest BCUT2D eigenvalue weighted by Crippen LogP contribution is -2.13. The smallest absolute Gasteiger partial charge is 0.255 e. The first-order chi connectivity index (χ1) is 12.7. The molecule has 0 saturated carbocycles. The molecule has 132 valence electrons. The molecular formula is C19H16ClN3O3. The van der Waals surface area contributed by atoms with Crippen LogP contribution in [-0.2, 0) is 6.42 Å². The quantitative estimate of drug-likeness (QED) is 0.720. The van der Waals surface area contributed by atoms with E-state index in [9.17, 15) is 4.79 Å². The van der Waals surface area contributed by atoms with Crippen molar-refractivity contribution < 1.29 is 14.3 Å². The lowest BCUT2D eigenvalue weighted by Gasteiger charge is -2.09. The van der Waals surface area contributed by atoms with Crippen molar-refractivity contribution in [1.29, 1.82) is 0 Å². The van der Waals surface area contributed by atoms with Gasteiger partial charge in [0, 0.05) is 16.1 Å². The van der Waals surface area contributed by atoms with Crippen molar-refractivity contribution in [3.05, 3.63) is 58.7 Å². The van der Waals surface area contributed by atoms with Gasteiger partial charge in [-0.15, -0.1) is 0 Å². The zero-order valence-electron chi connectivity index (χ0n) is 14.0. The Balaban J connectivity index is 1.66. The molecule has 1 aromatic heterocycles. The van der Waals surface area contributed by atoms with E-state index in [4.69, 9.17) is 21.1 Å². The third-order valence-corrected chi connectivity index (χ3v) is 4.44. The van der Waals surface area contributed by atoms with Gasteiger partial charge >= 0.3 is 0 Å². The number of carbonyl (C=O) groups is 1. The molecule has 7 heteroatoms. The van der Waals surface area contributed by atoms with E-state index in [-0.39, 0.29) is 12.7 Å². The number of halogens is 1. The number of nitrogens with one attached hydrogen (secondary N) is 2. The molecule has 2 N–H and O–H groups in total. The largest absolute Gasteiger partial charge is 0.454 e. The molecule has 2 aromatic carbocycles. The summed E-state index contributed by atoms with van der Waals surface area (Å²) in [6.45, 7) is 2.16. The van der Waals surface area contributed by atoms with Gasteiger partial charge in [0.15, 0.2) is 11.5 Å². The maximum absolute atomic E-state index is 12.7. The Morgan fingerprint density at radius 2 is 1.96 bits per heavy atom. The van der Waals surface area contributed by atoms with Crippen LogP contribution < -0.4 is 14.8 Å². The number of H-pyrrole nitrogens is 1. The third-order valence-electron chi connectivity index (χ3n) is 4.19. The highest BCUT2D eigenvalue weighted by Crippen LogP contribution is 2.34. The number of amides is 1. The van der Waals surface area contributed by atoms with Gasteiger partial charge in [-0.05, 0) is 36.8 Å². The third kappa shape index (κ3) is 2.99. The molecule has 0 spiro atoms. The van der Waals surface area contributed by atoms with Gasteiger partial charge < -0.3 is 14.8 Å². The zero-order valence-corrected chi connectivity index (χ0v) is 14.8. The highest BCUT2D eigenvalue weighted by molar-refractivity contribution is 6.30. The van der Waals surface area contributed by atoms with Gasteiger partial charge in [-0.2, -0.15) is 5.10 Å². The van der Waals surface area contributed by atoms with Crippen LogP contribution in [0.1, 0.15) is 23.0 Å². The average molecular weight is 370 g/mol. The molecule has 6 nitrogen and oxygen atoms in total. The van der Waals surface area contributed by atoms with Gasteiger partial charge in [0.1, 0.15) is 5.69 Å². The van der Waals surface area contributed by atoms with Crippen molar-refractivity contribution in [2.75, 3.05) is 12.1 Å². The number of aryl methyl sites for hydroxylation is 1. The van der Waals surface area contributed by atoms with Crippen molar-refractivity contribution in [1.82, 2.24) is 10.2 Å². The van der Waals surface area contributed by atoms with Gasteiger partial charge in [-0.25, -0.2) is 0 Å². The first kappa shape index (κ1) is 16.5. The minimum atomic E-state index is -0.241. The average Bonchev–Trinajstić information content (AvgIpc) is 3.28. The highest BCUT2D eigenvalue weighted by Gasteiger charge is 2.20. The molecule has 1 aliphatic heterocycles. The number of benzene rings is 2. The van der Waals surface area contributed by atoms with Gasteiger partial charge in [-0.1, -0.05) is 30.7 Å². The molecule has 4 rings (SSSR count). The van der Waals surface area contributed by atoms with Crippen LogP contribution in [0.15, 0.2) is 42.5 Å². The summed E-state index contributed by atoms with van der Waals surface area (Å²) < 4.78 is 10.6. The lowest BCUT2D eigenvalue weighted by molar-refractivity contribution is 0.102. The summed E-state index contributed by atoms with van der Waals surface area (Å²) in [4.78, 5) is 12.7. The van der Waals surface area contributed by atoms with Crippen LogP contribution >= 0.6 is 11.6 Å². The second-order valence-electron chi connectivity index (χ2n) is 5.81. The molecule has 2 heterocycles. The molecule has 0 aliphatic carbocycles. The van der Waals surface area contributed by atoms with E-state index in [2.05, 4.69) is 15.5 Å². The van der Waals surface area contributed by atoms with Crippen molar-refractivity contribution >= 4 is 23.2 Å². The maximum atomic E-state index is 12.7. The van der Waals surface area contributed by atoms with Crippen LogP contribution in [0.4, 0.5) is 5.69 Å². The van der Waals surface area contributed by atoms with E-state index in [0.717, 1.165) is 11.3 Å². The summed E-state index contributed by atoms with van der Waals surface area (Å²) >= 11 is 5.96. The molecule has 26 heavy (non-hydrogen) atoms. The number of aromatic amines is 1. The van der Waals surface area contributed by atoms with Gasteiger partial charge in [0.05, 0.1) is 11.4 Å². The SMILES string of the molecule is CCc1[nH]nc(-c2ccc(Cl)cc2)c1NC(=O)c1ccc2c(c1)OCO2. The normalized spacial score (nSPS) is 12.2. The number of carbonyl (C=O) groups excluding carboxylic acids is 1. The van der Waals surface area contributed by atoms with Gasteiger partial charge in [-0.3, -0.25) is 9.89 Å². The molecule has 0 fully saturated rings. The van der Waals surface area contributed by atoms with Crippen molar-refractivity contribution in [2.45, 2.75) is 13.3 Å². The topological polar surface area (TPSA) is 76.2 Å². The van der Waals surface area contributed by atoms with Crippen LogP contribution in [0, 0.1) is 0 Å². The monoisotopic (exact) mass is 369 g/mol. The summed E-state index contributed by atoms with van der Waals surface area (Å²) in [7, 11) is 0. The van der Waals surface area contributed by atoms with Gasteiger partial charge in [0.25, 0.3) is 5.91 Å². The van der Waals surface area contributed by atoms with Crippen molar-refractivity contribution in [3.63, 3.8) is 0 Å². The van der Waals surface area contributed by atoms with Gasteiger partial charge in [0.2, 0.25) is 6.79 Å². The summed E-state index contributed by atoms with van der Waals surface area (Å²) in [6, 6.07) is 12.4. The number of rotatable bonds is 4. The van der Waals surface area contributed by atoms with Crippen LogP contribution in [0.25, 0.3) is 11.3 Å². The molecule has 0 bridgehead atoms. The Kier molecular flexibility index (Phi) is 4.26. The Morgan fingerprint density at radius 3 is 2.73 bits per heavy atom. The van der Waals surface area contributed by atoms with Crippen molar-refractivity contribution in [2.24, 2.45) is 0 Å². The molecule has 0 radical (unpaired) electrons. The maximum Gasteiger partial charge on any atom is 0.255 e. The number of fused-ring (bicyclic) bond motifs is 1. The number of hydrogen-bond donors (Lipinski definition) is 2. The first-order valence-electron chi connectivity index (χ1n) is 8.20. The summed E-state index contributed by atoms with van der Waals surface area (Å²) in [5, 5.41) is 11.0. The van der Waals surface area contributed by atoms with Crippen LogP contribution in [0.5, 0.6) is 11.5 Å². The van der Waals surface area contributed by atoms with Crippen molar-refractivity contribution in [3.8, 4) is 22.8 Å². The fourth-order valence-corrected chi connectivity index (χ4v) is 2.93. The Hall–Kier alpha value is -2.99. The van der Waals surface area contributed by atoms with Crippen LogP contribution in [0.3, 0.4) is 0 Å². The number of aromatic nitrogens is 2. The van der Waals surface area contributed by atoms with E-state index in [1.807, 2.05) is 19.1 Å². The zero-order chi connectivity index (χ0) is 18.1. The van der Waals surface area contributed by atoms with E-state index in [1.54, 1.807) is 30.3 Å². The minimum absolute atomic E-state index is 0.169. The summed E-state index contributed by atoms with van der Waals surface area (Å²) in [5.74, 6) is 0.967. The number of anilines is 1. The molecular weight excluding hydrogens is 354 g/mol. The van der Waals surface area contributed by atoms with Crippen LogP contribution in [0.2, 0.25) is 5.02 Å². The van der Waals surface area contributed by atoms with E-state index in [0.29, 0.717) is 39.9 Å². The van der Waals surface area contributed by atoms with E-state index >= 15 is 0 Å². The number of hydrogen-bond acceptors (Lipinski definition) is 4. The molecule has 0 unspecified atom stereocenters. The molecule has 0 saturated heterocycles. The highest BCUT2D eigenvalue weighted by atomic mass is 35.5. The fourth-order valence-electron chi connectivity index (χ4n) is 2.81. The predicted molar refractivity (Wildman–Crippen MR) is 98.9 cm³/mol. The molecule has 1 aliphatic rings. The van der Waals surface area contributed by atoms with E-state index < -0.39 is 0 Å². The van der Waals surface area contributed by atoms with Crippen LogP contribution in [-0.4, -0.2) is 22.9 Å². The lowest BCUT2D eigenvalue weighted by atomic mass is 10.1. The molecule has 1 amide bonds. The van der Waals surface area contributed by atoms with E-state index in [1.165, 1.54) is 0 Å². The second-order valence-corrected chi connectivity index (χ2v) is 6.24. The number of nitrogens with zero attached hydrogens (tertiary/aromatic N) is 1. The summed E-state index contributed by atoms with van der Waals surface area (Å²) in [5.41, 5.74) is 3.54. The Labute approximate surface area is 155 Å². The second kappa shape index (κ2) is 6.72. The predicted octanol–water partition coefficient (Wildman–Crippen LogP) is 4.27. The number of ether oxygens (including phenoxy) is 2. The minimum Gasteiger partial charge on any atom is -0.454 e. The standard InChI is InChI=1S/C19H16ClN3O3/c1-2-14-18(17(23-22-14)11-3-6-13(20)7-4-11)21-19(24)12-5-8-15-16(9-12)26-10-25-15/h3-9H,2,10H2,1H3,(H,21,24)(H,22,23).